The lowest BCUT2D eigenvalue weighted by Crippen LogP contribution is -2.38. The van der Waals surface area contributed by atoms with Crippen LogP contribution < -0.4 is 4.90 Å². The minimum Gasteiger partial charge on any atom is -0.478 e. The first-order valence-corrected chi connectivity index (χ1v) is 7.41. The normalized spacial score (nSPS) is 10.8. The number of amides is 2. The summed E-state index contributed by atoms with van der Waals surface area (Å²) in [5, 5.41) is 9.07. The van der Waals surface area contributed by atoms with Gasteiger partial charge in [0.25, 0.3) is 0 Å². The van der Waals surface area contributed by atoms with Gasteiger partial charge in [-0.05, 0) is 30.0 Å². The van der Waals surface area contributed by atoms with Crippen molar-refractivity contribution in [3.05, 3.63) is 29.8 Å². The van der Waals surface area contributed by atoms with Crippen molar-refractivity contribution in [2.75, 3.05) is 4.90 Å². The third kappa shape index (κ3) is 4.98. The molecule has 0 saturated carbocycles. The van der Waals surface area contributed by atoms with Gasteiger partial charge in [-0.15, -0.1) is 0 Å². The van der Waals surface area contributed by atoms with Gasteiger partial charge < -0.3 is 5.11 Å². The standard InChI is InChI=1S/C17H23NO4/c1-11(2)8-15(19)18(16(20)9-12(3)4)14-7-5-6-13(10-14)17(21)22/h5-7,10-12H,8-9H2,1-4H3,(H,21,22). The van der Waals surface area contributed by atoms with Crippen molar-refractivity contribution in [2.24, 2.45) is 11.8 Å². The zero-order valence-electron chi connectivity index (χ0n) is 13.5. The van der Waals surface area contributed by atoms with E-state index in [1.165, 1.54) is 18.2 Å². The molecule has 0 aliphatic heterocycles. The van der Waals surface area contributed by atoms with Crippen LogP contribution in [0.1, 0.15) is 50.9 Å². The van der Waals surface area contributed by atoms with E-state index in [4.69, 9.17) is 5.11 Å². The Morgan fingerprint density at radius 1 is 1.00 bits per heavy atom. The van der Waals surface area contributed by atoms with E-state index in [1.807, 2.05) is 27.7 Å². The van der Waals surface area contributed by atoms with E-state index in [-0.39, 0.29) is 42.1 Å². The van der Waals surface area contributed by atoms with Gasteiger partial charge in [0.2, 0.25) is 11.8 Å². The number of hydrogen-bond acceptors (Lipinski definition) is 3. The van der Waals surface area contributed by atoms with Gasteiger partial charge in [-0.3, -0.25) is 14.5 Å². The van der Waals surface area contributed by atoms with Gasteiger partial charge in [0.1, 0.15) is 0 Å². The molecule has 22 heavy (non-hydrogen) atoms. The van der Waals surface area contributed by atoms with Crippen LogP contribution in [0.3, 0.4) is 0 Å². The summed E-state index contributed by atoms with van der Waals surface area (Å²) in [5.41, 5.74) is 0.369. The van der Waals surface area contributed by atoms with Gasteiger partial charge in [-0.25, -0.2) is 4.79 Å². The largest absolute Gasteiger partial charge is 0.478 e. The molecule has 120 valence electrons. The lowest BCUT2D eigenvalue weighted by atomic mass is 10.1. The quantitative estimate of drug-likeness (QED) is 0.874. The number of benzene rings is 1. The molecule has 0 aliphatic rings. The molecule has 0 atom stereocenters. The number of carbonyl (C=O) groups is 3. The summed E-state index contributed by atoms with van der Waals surface area (Å²) >= 11 is 0. The maximum atomic E-state index is 12.4. The van der Waals surface area contributed by atoms with Crippen molar-refractivity contribution >= 4 is 23.5 Å². The minimum atomic E-state index is -1.09. The Morgan fingerprint density at radius 2 is 1.50 bits per heavy atom. The monoisotopic (exact) mass is 305 g/mol. The summed E-state index contributed by atoms with van der Waals surface area (Å²) < 4.78 is 0. The van der Waals surface area contributed by atoms with E-state index < -0.39 is 5.97 Å². The molecular formula is C17H23NO4. The molecule has 1 rings (SSSR count). The summed E-state index contributed by atoms with van der Waals surface area (Å²) in [6, 6.07) is 5.92. The number of nitrogens with zero attached hydrogens (tertiary/aromatic N) is 1. The Balaban J connectivity index is 3.19. The predicted molar refractivity (Wildman–Crippen MR) is 84.8 cm³/mol. The Labute approximate surface area is 130 Å². The number of carbonyl (C=O) groups excluding carboxylic acids is 2. The van der Waals surface area contributed by atoms with Crippen LogP contribution in [0.5, 0.6) is 0 Å². The molecular weight excluding hydrogens is 282 g/mol. The Morgan fingerprint density at radius 3 is 1.91 bits per heavy atom. The summed E-state index contributed by atoms with van der Waals surface area (Å²) in [4.78, 5) is 37.0. The smallest absolute Gasteiger partial charge is 0.335 e. The molecule has 0 fully saturated rings. The second kappa shape index (κ2) is 7.73. The van der Waals surface area contributed by atoms with Gasteiger partial charge in [0, 0.05) is 12.8 Å². The number of carboxylic acid groups (broad SMARTS) is 1. The molecule has 0 spiro atoms. The molecule has 0 aromatic heterocycles. The van der Waals surface area contributed by atoms with E-state index in [9.17, 15) is 14.4 Å². The van der Waals surface area contributed by atoms with E-state index in [0.717, 1.165) is 4.90 Å². The molecule has 0 unspecified atom stereocenters. The van der Waals surface area contributed by atoms with Gasteiger partial charge in [0.15, 0.2) is 0 Å². The number of rotatable bonds is 6. The van der Waals surface area contributed by atoms with Crippen LogP contribution >= 0.6 is 0 Å². The second-order valence-electron chi connectivity index (χ2n) is 6.17. The highest BCUT2D eigenvalue weighted by atomic mass is 16.4. The molecule has 0 bridgehead atoms. The maximum absolute atomic E-state index is 12.4. The van der Waals surface area contributed by atoms with E-state index >= 15 is 0 Å². The zero-order chi connectivity index (χ0) is 16.9. The van der Waals surface area contributed by atoms with Crippen molar-refractivity contribution in [3.8, 4) is 0 Å². The third-order valence-electron chi connectivity index (χ3n) is 3.02. The van der Waals surface area contributed by atoms with Crippen molar-refractivity contribution in [1.82, 2.24) is 0 Å². The Bertz CT molecular complexity index is 542. The molecule has 0 radical (unpaired) electrons. The fourth-order valence-electron chi connectivity index (χ4n) is 2.09. The van der Waals surface area contributed by atoms with Crippen LogP contribution in [-0.4, -0.2) is 22.9 Å². The molecule has 5 nitrogen and oxygen atoms in total. The molecule has 1 aromatic rings. The topological polar surface area (TPSA) is 74.7 Å². The van der Waals surface area contributed by atoms with Gasteiger partial charge in [-0.1, -0.05) is 33.8 Å². The average Bonchev–Trinajstić information content (AvgIpc) is 2.37. The van der Waals surface area contributed by atoms with Gasteiger partial charge in [-0.2, -0.15) is 0 Å². The lowest BCUT2D eigenvalue weighted by molar-refractivity contribution is -0.127. The summed E-state index contributed by atoms with van der Waals surface area (Å²) in [7, 11) is 0. The van der Waals surface area contributed by atoms with Crippen LogP contribution in [0.15, 0.2) is 24.3 Å². The third-order valence-corrected chi connectivity index (χ3v) is 3.02. The number of carboxylic acids is 1. The van der Waals surface area contributed by atoms with Crippen LogP contribution in [0, 0.1) is 11.8 Å². The molecule has 1 N–H and O–H groups in total. The van der Waals surface area contributed by atoms with Gasteiger partial charge >= 0.3 is 5.97 Å². The SMILES string of the molecule is CC(C)CC(=O)N(C(=O)CC(C)C)c1cccc(C(=O)O)c1. The van der Waals surface area contributed by atoms with Crippen LogP contribution in [0.4, 0.5) is 5.69 Å². The van der Waals surface area contributed by atoms with Crippen LogP contribution in [0.2, 0.25) is 0 Å². The highest BCUT2D eigenvalue weighted by molar-refractivity contribution is 6.15. The number of hydrogen-bond donors (Lipinski definition) is 1. The highest BCUT2D eigenvalue weighted by Gasteiger charge is 2.25. The first-order chi connectivity index (χ1) is 10.2. The summed E-state index contributed by atoms with van der Waals surface area (Å²) in [5.74, 6) is -1.46. The van der Waals surface area contributed by atoms with Crippen molar-refractivity contribution in [3.63, 3.8) is 0 Å². The highest BCUT2D eigenvalue weighted by Crippen LogP contribution is 2.21. The average molecular weight is 305 g/mol. The van der Waals surface area contributed by atoms with Crippen LogP contribution in [0.25, 0.3) is 0 Å². The van der Waals surface area contributed by atoms with Crippen molar-refractivity contribution < 1.29 is 19.5 Å². The molecule has 2 amide bonds. The fraction of sp³-hybridized carbons (Fsp3) is 0.471. The summed E-state index contributed by atoms with van der Waals surface area (Å²) in [6.07, 6.45) is 0.474. The molecule has 0 heterocycles. The molecule has 0 saturated heterocycles. The Kier molecular flexibility index (Phi) is 6.28. The fourth-order valence-corrected chi connectivity index (χ4v) is 2.09. The lowest BCUT2D eigenvalue weighted by Gasteiger charge is -2.23. The van der Waals surface area contributed by atoms with E-state index in [0.29, 0.717) is 5.69 Å². The van der Waals surface area contributed by atoms with Crippen molar-refractivity contribution in [1.29, 1.82) is 0 Å². The van der Waals surface area contributed by atoms with E-state index in [2.05, 4.69) is 0 Å². The van der Waals surface area contributed by atoms with E-state index in [1.54, 1.807) is 6.07 Å². The number of imide groups is 1. The summed E-state index contributed by atoms with van der Waals surface area (Å²) in [6.45, 7) is 7.60. The number of aromatic carboxylic acids is 1. The maximum Gasteiger partial charge on any atom is 0.335 e. The second-order valence-corrected chi connectivity index (χ2v) is 6.17. The Hall–Kier alpha value is -2.17. The predicted octanol–water partition coefficient (Wildman–Crippen LogP) is 3.34. The first-order valence-electron chi connectivity index (χ1n) is 7.41. The molecule has 5 heteroatoms. The minimum absolute atomic E-state index is 0.0530. The van der Waals surface area contributed by atoms with Gasteiger partial charge in [0.05, 0.1) is 11.3 Å². The van der Waals surface area contributed by atoms with Crippen LogP contribution in [-0.2, 0) is 9.59 Å². The number of anilines is 1. The molecule has 1 aromatic carbocycles. The molecule has 0 aliphatic carbocycles. The van der Waals surface area contributed by atoms with Crippen molar-refractivity contribution in [2.45, 2.75) is 40.5 Å². The zero-order valence-corrected chi connectivity index (χ0v) is 13.5. The first kappa shape index (κ1) is 17.9.